The van der Waals surface area contributed by atoms with Gasteiger partial charge >= 0.3 is 0 Å². The Morgan fingerprint density at radius 1 is 1.33 bits per heavy atom. The summed E-state index contributed by atoms with van der Waals surface area (Å²) in [5.74, 6) is 0.897. The van der Waals surface area contributed by atoms with Crippen LogP contribution in [0, 0.1) is 6.57 Å². The number of ether oxygens (including phenoxy) is 2. The molecule has 7 heteroatoms. The Hall–Kier alpha value is -2.75. The highest BCUT2D eigenvalue weighted by Crippen LogP contribution is 2.49. The normalized spacial score (nSPS) is 33.9. The van der Waals surface area contributed by atoms with Crippen molar-refractivity contribution < 1.29 is 19.1 Å². The van der Waals surface area contributed by atoms with E-state index in [4.69, 9.17) is 16.0 Å². The molecule has 1 aromatic carbocycles. The molecule has 0 spiro atoms. The Morgan fingerprint density at radius 2 is 2.08 bits per heavy atom. The number of benzene rings is 1. The van der Waals surface area contributed by atoms with E-state index >= 15 is 0 Å². The van der Waals surface area contributed by atoms with Crippen LogP contribution < -0.4 is 14.8 Å². The van der Waals surface area contributed by atoms with Crippen LogP contribution in [-0.4, -0.2) is 41.1 Å². The summed E-state index contributed by atoms with van der Waals surface area (Å²) in [5, 5.41) is 2.70. The molecule has 0 aromatic heterocycles. The second-order valence-corrected chi connectivity index (χ2v) is 6.68. The van der Waals surface area contributed by atoms with Crippen molar-refractivity contribution in [2.24, 2.45) is 0 Å². The molecule has 0 unspecified atom stereocenters. The van der Waals surface area contributed by atoms with Crippen molar-refractivity contribution >= 4 is 11.8 Å². The van der Waals surface area contributed by atoms with Crippen LogP contribution in [0.1, 0.15) is 31.9 Å². The SMILES string of the molecule is [C-]#[N+][C@@]1(C)C[C@H]2C(=O)N[C@@H](C)C(=O)N2[C@H]1c1ccc2c(c1)OCO2. The van der Waals surface area contributed by atoms with Gasteiger partial charge in [0, 0.05) is 6.92 Å². The number of piperazine rings is 1. The Balaban J connectivity index is 1.83. The Labute approximate surface area is 139 Å². The van der Waals surface area contributed by atoms with Crippen molar-refractivity contribution in [1.82, 2.24) is 10.2 Å². The Kier molecular flexibility index (Phi) is 3.01. The van der Waals surface area contributed by atoms with Crippen molar-refractivity contribution in [3.8, 4) is 11.5 Å². The first-order valence-corrected chi connectivity index (χ1v) is 7.85. The van der Waals surface area contributed by atoms with E-state index in [1.165, 1.54) is 0 Å². The second kappa shape index (κ2) is 4.87. The molecule has 0 bridgehead atoms. The fourth-order valence-corrected chi connectivity index (χ4v) is 3.89. The van der Waals surface area contributed by atoms with Crippen LogP contribution in [0.5, 0.6) is 11.5 Å². The van der Waals surface area contributed by atoms with Crippen molar-refractivity contribution in [1.29, 1.82) is 0 Å². The van der Waals surface area contributed by atoms with Crippen molar-refractivity contribution in [2.75, 3.05) is 6.79 Å². The van der Waals surface area contributed by atoms with Crippen molar-refractivity contribution in [2.45, 2.75) is 43.9 Å². The van der Waals surface area contributed by atoms with Crippen LogP contribution in [0.25, 0.3) is 4.85 Å². The molecule has 0 radical (unpaired) electrons. The third-order valence-corrected chi connectivity index (χ3v) is 5.06. The van der Waals surface area contributed by atoms with Gasteiger partial charge in [-0.25, -0.2) is 6.57 Å². The van der Waals surface area contributed by atoms with Gasteiger partial charge in [0.15, 0.2) is 11.5 Å². The Morgan fingerprint density at radius 3 is 2.83 bits per heavy atom. The van der Waals surface area contributed by atoms with Crippen LogP contribution in [-0.2, 0) is 9.59 Å². The zero-order valence-electron chi connectivity index (χ0n) is 13.4. The monoisotopic (exact) mass is 327 g/mol. The van der Waals surface area contributed by atoms with Gasteiger partial charge in [0.25, 0.3) is 5.54 Å². The summed E-state index contributed by atoms with van der Waals surface area (Å²) in [6, 6.07) is 3.75. The highest BCUT2D eigenvalue weighted by atomic mass is 16.7. The zero-order chi connectivity index (χ0) is 17.1. The first-order chi connectivity index (χ1) is 11.4. The fourth-order valence-electron chi connectivity index (χ4n) is 3.89. The minimum atomic E-state index is -0.866. The number of nitrogens with zero attached hydrogens (tertiary/aromatic N) is 2. The maximum absolute atomic E-state index is 12.7. The van der Waals surface area contributed by atoms with Crippen LogP contribution in [0.2, 0.25) is 0 Å². The topological polar surface area (TPSA) is 72.2 Å². The molecule has 2 amide bonds. The molecule has 4 rings (SSSR count). The molecule has 7 nitrogen and oxygen atoms in total. The lowest BCUT2D eigenvalue weighted by molar-refractivity contribution is -0.148. The summed E-state index contributed by atoms with van der Waals surface area (Å²) in [6.45, 7) is 11.3. The third kappa shape index (κ3) is 1.89. The van der Waals surface area contributed by atoms with E-state index in [9.17, 15) is 9.59 Å². The summed E-state index contributed by atoms with van der Waals surface area (Å²) >= 11 is 0. The van der Waals surface area contributed by atoms with Gasteiger partial charge in [-0.05, 0) is 24.6 Å². The number of nitrogens with one attached hydrogen (secondary N) is 1. The van der Waals surface area contributed by atoms with Gasteiger partial charge < -0.3 is 24.5 Å². The summed E-state index contributed by atoms with van der Waals surface area (Å²) in [6.07, 6.45) is 0.319. The first kappa shape index (κ1) is 14.8. The molecule has 24 heavy (non-hydrogen) atoms. The number of rotatable bonds is 1. The first-order valence-electron chi connectivity index (χ1n) is 7.85. The number of amides is 2. The third-order valence-electron chi connectivity index (χ3n) is 5.06. The molecule has 2 saturated heterocycles. The maximum Gasteiger partial charge on any atom is 0.256 e. The van der Waals surface area contributed by atoms with Gasteiger partial charge in [-0.2, -0.15) is 0 Å². The molecule has 1 N–H and O–H groups in total. The largest absolute Gasteiger partial charge is 0.454 e. The molecular formula is C17H17N3O4. The van der Waals surface area contributed by atoms with Gasteiger partial charge in [0.1, 0.15) is 18.1 Å². The van der Waals surface area contributed by atoms with Gasteiger partial charge in [-0.3, -0.25) is 9.59 Å². The zero-order valence-corrected chi connectivity index (χ0v) is 13.4. The number of carbonyl (C=O) groups is 2. The Bertz CT molecular complexity index is 787. The lowest BCUT2D eigenvalue weighted by Gasteiger charge is -2.36. The molecule has 4 atom stereocenters. The molecule has 2 fully saturated rings. The molecule has 124 valence electrons. The number of hydrogen-bond donors (Lipinski definition) is 1. The average molecular weight is 327 g/mol. The molecular weight excluding hydrogens is 310 g/mol. The number of carbonyl (C=O) groups excluding carboxylic acids is 2. The van der Waals surface area contributed by atoms with Gasteiger partial charge in [0.05, 0.1) is 6.42 Å². The van der Waals surface area contributed by atoms with E-state index < -0.39 is 23.7 Å². The molecule has 3 heterocycles. The van der Waals surface area contributed by atoms with Crippen LogP contribution in [0.4, 0.5) is 0 Å². The summed E-state index contributed by atoms with van der Waals surface area (Å²) < 4.78 is 10.8. The van der Waals surface area contributed by atoms with Gasteiger partial charge in [-0.15, -0.1) is 0 Å². The van der Waals surface area contributed by atoms with Gasteiger partial charge in [0.2, 0.25) is 18.6 Å². The second-order valence-electron chi connectivity index (χ2n) is 6.68. The fraction of sp³-hybridized carbons (Fsp3) is 0.471. The number of fused-ring (bicyclic) bond motifs is 2. The quantitative estimate of drug-likeness (QED) is 0.788. The predicted molar refractivity (Wildman–Crippen MR) is 83.2 cm³/mol. The molecule has 3 aliphatic heterocycles. The summed E-state index contributed by atoms with van der Waals surface area (Å²) in [7, 11) is 0. The van der Waals surface area contributed by atoms with E-state index in [2.05, 4.69) is 10.2 Å². The minimum Gasteiger partial charge on any atom is -0.454 e. The highest BCUT2D eigenvalue weighted by Gasteiger charge is 2.61. The molecule has 3 aliphatic rings. The standard InChI is InChI=1S/C17H17N3O4/c1-9-16(22)20-11(15(21)19-9)7-17(2,18-3)14(20)10-4-5-12-13(6-10)24-8-23-12/h4-6,9,11,14H,7-8H2,1-2H3,(H,19,21)/t9-,11-,14-,17-/m0/s1. The van der Waals surface area contributed by atoms with Crippen molar-refractivity contribution in [3.63, 3.8) is 0 Å². The molecule has 0 aliphatic carbocycles. The predicted octanol–water partition coefficient (Wildman–Crippen LogP) is 1.25. The van der Waals surface area contributed by atoms with Gasteiger partial charge in [-0.1, -0.05) is 6.07 Å². The van der Waals surface area contributed by atoms with E-state index in [1.54, 1.807) is 24.8 Å². The molecule has 0 saturated carbocycles. The van der Waals surface area contributed by atoms with Crippen LogP contribution in [0.3, 0.4) is 0 Å². The van der Waals surface area contributed by atoms with E-state index in [1.807, 2.05) is 12.1 Å². The highest BCUT2D eigenvalue weighted by molar-refractivity contribution is 5.98. The number of hydrogen-bond acceptors (Lipinski definition) is 4. The van der Waals surface area contributed by atoms with E-state index in [0.29, 0.717) is 17.9 Å². The summed E-state index contributed by atoms with van der Waals surface area (Å²) in [4.78, 5) is 30.4. The minimum absolute atomic E-state index is 0.158. The molecule has 1 aromatic rings. The maximum atomic E-state index is 12.7. The smallest absolute Gasteiger partial charge is 0.256 e. The summed E-state index contributed by atoms with van der Waals surface area (Å²) in [5.41, 5.74) is -0.0782. The average Bonchev–Trinajstić information content (AvgIpc) is 3.14. The van der Waals surface area contributed by atoms with Crippen molar-refractivity contribution in [3.05, 3.63) is 35.2 Å². The van der Waals surface area contributed by atoms with E-state index in [-0.39, 0.29) is 18.6 Å². The van der Waals surface area contributed by atoms with E-state index in [0.717, 1.165) is 5.56 Å². The lowest BCUT2D eigenvalue weighted by Crippen LogP contribution is -2.60. The van der Waals surface area contributed by atoms with Crippen LogP contribution >= 0.6 is 0 Å². The lowest BCUT2D eigenvalue weighted by atomic mass is 9.87. The van der Waals surface area contributed by atoms with Crippen LogP contribution in [0.15, 0.2) is 18.2 Å².